The first-order valence-corrected chi connectivity index (χ1v) is 11.4. The number of hydrogen-bond acceptors (Lipinski definition) is 4. The van der Waals surface area contributed by atoms with Crippen LogP contribution in [0.15, 0.2) is 84.9 Å². The van der Waals surface area contributed by atoms with E-state index in [2.05, 4.69) is 0 Å². The number of amides is 4. The predicted octanol–water partition coefficient (Wildman–Crippen LogP) is 5.36. The van der Waals surface area contributed by atoms with Crippen molar-refractivity contribution in [1.82, 2.24) is 4.90 Å². The number of rotatable bonds is 3. The molecule has 36 heavy (non-hydrogen) atoms. The minimum absolute atomic E-state index is 0.209. The first kappa shape index (κ1) is 20.5. The molecule has 0 aromatic heterocycles. The van der Waals surface area contributed by atoms with E-state index in [1.165, 1.54) is 13.1 Å². The molecule has 0 saturated heterocycles. The molecule has 0 radical (unpaired) electrons. The molecule has 0 spiro atoms. The van der Waals surface area contributed by atoms with Gasteiger partial charge in [0.05, 0.1) is 29.3 Å². The summed E-state index contributed by atoms with van der Waals surface area (Å²) in [7, 11) is 1.44. The largest absolute Gasteiger partial charge is 0.277 e. The van der Waals surface area contributed by atoms with Crippen LogP contribution in [0.4, 0.5) is 5.69 Å². The number of imide groups is 2. The summed E-state index contributed by atoms with van der Waals surface area (Å²) < 4.78 is 8.51. The number of nitrogens with zero attached hydrogens (tertiary/aromatic N) is 2. The van der Waals surface area contributed by atoms with Gasteiger partial charge in [-0.1, -0.05) is 54.1 Å². The molecule has 0 saturated carbocycles. The van der Waals surface area contributed by atoms with Crippen LogP contribution >= 0.6 is 0 Å². The number of carbonyl (C=O) groups is 4. The van der Waals surface area contributed by atoms with E-state index < -0.39 is 11.8 Å². The zero-order valence-corrected chi connectivity index (χ0v) is 19.5. The number of hydrogen-bond donors (Lipinski definition) is 0. The Labute approximate surface area is 208 Å². The molecule has 2 aliphatic heterocycles. The van der Waals surface area contributed by atoms with E-state index in [9.17, 15) is 19.2 Å². The Morgan fingerprint density at radius 2 is 1.06 bits per heavy atom. The van der Waals surface area contributed by atoms with Crippen molar-refractivity contribution in [2.75, 3.05) is 11.9 Å². The molecule has 0 N–H and O–H groups in total. The summed E-state index contributed by atoms with van der Waals surface area (Å²) >= 11 is 0. The van der Waals surface area contributed by atoms with Gasteiger partial charge in [-0.2, -0.15) is 0 Å². The lowest BCUT2D eigenvalue weighted by Gasteiger charge is -2.14. The summed E-state index contributed by atoms with van der Waals surface area (Å²) in [5.74, 6) is -1.65. The molecule has 6 rings (SSSR count). The van der Waals surface area contributed by atoms with E-state index in [0.717, 1.165) is 20.9 Å². The van der Waals surface area contributed by atoms with Crippen molar-refractivity contribution in [3.8, 4) is 22.3 Å². The van der Waals surface area contributed by atoms with Gasteiger partial charge in [-0.3, -0.25) is 24.1 Å². The van der Waals surface area contributed by atoms with Crippen LogP contribution in [-0.2, 0) is 0 Å². The summed E-state index contributed by atoms with van der Waals surface area (Å²) in [6.07, 6.45) is 0. The molecule has 0 aliphatic carbocycles. The second-order valence-corrected chi connectivity index (χ2v) is 8.96. The third-order valence-corrected chi connectivity index (χ3v) is 6.73. The van der Waals surface area contributed by atoms with Crippen LogP contribution in [0.1, 0.15) is 48.4 Å². The van der Waals surface area contributed by atoms with E-state index in [1.54, 1.807) is 48.5 Å². The van der Waals surface area contributed by atoms with Gasteiger partial charge in [-0.15, -0.1) is 0 Å². The van der Waals surface area contributed by atoms with Gasteiger partial charge in [0.1, 0.15) is 0 Å². The average molecular weight is 474 g/mol. The molecule has 6 nitrogen and oxygen atoms in total. The molecular formula is C30H20N2O4. The molecule has 0 fully saturated rings. The SMILES string of the molecule is [2H]c1cc(N2C(=O)c3ccc(-c4ccc5c(c4)C(=O)N(C)C5=O)cc3C2=O)ccc1-c1ccc(C)cc1. The molecule has 4 aromatic rings. The summed E-state index contributed by atoms with van der Waals surface area (Å²) in [5.41, 5.74) is 5.52. The zero-order valence-electron chi connectivity index (χ0n) is 20.5. The highest BCUT2D eigenvalue weighted by Gasteiger charge is 2.37. The highest BCUT2D eigenvalue weighted by atomic mass is 16.2. The summed E-state index contributed by atoms with van der Waals surface area (Å²) in [6.45, 7) is 1.99. The molecule has 4 aromatic carbocycles. The van der Waals surface area contributed by atoms with E-state index in [4.69, 9.17) is 1.37 Å². The fourth-order valence-corrected chi connectivity index (χ4v) is 4.66. The maximum Gasteiger partial charge on any atom is 0.266 e. The highest BCUT2D eigenvalue weighted by Crippen LogP contribution is 2.34. The van der Waals surface area contributed by atoms with E-state index in [-0.39, 0.29) is 29.0 Å². The van der Waals surface area contributed by atoms with Crippen molar-refractivity contribution >= 4 is 29.3 Å². The molecule has 0 bridgehead atoms. The second-order valence-electron chi connectivity index (χ2n) is 8.96. The lowest BCUT2D eigenvalue weighted by Crippen LogP contribution is -2.29. The second kappa shape index (κ2) is 7.85. The van der Waals surface area contributed by atoms with Crippen LogP contribution < -0.4 is 4.90 Å². The van der Waals surface area contributed by atoms with Crippen molar-refractivity contribution in [2.45, 2.75) is 6.92 Å². The van der Waals surface area contributed by atoms with Gasteiger partial charge < -0.3 is 0 Å². The van der Waals surface area contributed by atoms with Crippen molar-refractivity contribution in [2.24, 2.45) is 0 Å². The van der Waals surface area contributed by atoms with Crippen LogP contribution in [-0.4, -0.2) is 35.6 Å². The maximum absolute atomic E-state index is 13.4. The van der Waals surface area contributed by atoms with Crippen molar-refractivity contribution in [3.63, 3.8) is 0 Å². The molecule has 2 aliphatic rings. The van der Waals surface area contributed by atoms with Gasteiger partial charge in [0, 0.05) is 7.05 Å². The number of aryl methyl sites for hydroxylation is 1. The first-order chi connectivity index (χ1) is 17.7. The molecule has 6 heteroatoms. The Morgan fingerprint density at radius 3 is 1.69 bits per heavy atom. The zero-order chi connectivity index (χ0) is 26.0. The Bertz CT molecular complexity index is 1690. The summed E-state index contributed by atoms with van der Waals surface area (Å²) in [5, 5.41) is 0. The third-order valence-electron chi connectivity index (χ3n) is 6.73. The molecule has 174 valence electrons. The van der Waals surface area contributed by atoms with Crippen LogP contribution in [0, 0.1) is 6.92 Å². The van der Waals surface area contributed by atoms with Crippen molar-refractivity contribution < 1.29 is 20.5 Å². The quantitative estimate of drug-likeness (QED) is 0.376. The number of anilines is 1. The van der Waals surface area contributed by atoms with Gasteiger partial charge in [-0.05, 0) is 65.6 Å². The lowest BCUT2D eigenvalue weighted by molar-refractivity contribution is 0.0692. The fraction of sp³-hybridized carbons (Fsp3) is 0.0667. The van der Waals surface area contributed by atoms with E-state index >= 15 is 0 Å². The van der Waals surface area contributed by atoms with Crippen molar-refractivity contribution in [1.29, 1.82) is 0 Å². The average Bonchev–Trinajstić information content (AvgIpc) is 3.28. The normalized spacial score (nSPS) is 14.9. The van der Waals surface area contributed by atoms with Crippen LogP contribution in [0.5, 0.6) is 0 Å². The number of benzene rings is 4. The van der Waals surface area contributed by atoms with Gasteiger partial charge in [0.15, 0.2) is 0 Å². The molecule has 0 atom stereocenters. The van der Waals surface area contributed by atoms with Gasteiger partial charge >= 0.3 is 0 Å². The third kappa shape index (κ3) is 3.19. The monoisotopic (exact) mass is 473 g/mol. The minimum Gasteiger partial charge on any atom is -0.277 e. The number of fused-ring (bicyclic) bond motifs is 2. The van der Waals surface area contributed by atoms with E-state index in [1.807, 2.05) is 31.2 Å². The van der Waals surface area contributed by atoms with E-state index in [0.29, 0.717) is 33.5 Å². The number of carbonyl (C=O) groups excluding carboxylic acids is 4. The summed E-state index contributed by atoms with van der Waals surface area (Å²) in [6, 6.07) is 22.9. The molecule has 0 unspecified atom stereocenters. The summed E-state index contributed by atoms with van der Waals surface area (Å²) in [4.78, 5) is 53.3. The predicted molar refractivity (Wildman–Crippen MR) is 136 cm³/mol. The lowest BCUT2D eigenvalue weighted by atomic mass is 9.97. The maximum atomic E-state index is 13.4. The Hall–Kier alpha value is -4.84. The minimum atomic E-state index is -0.475. The van der Waals surface area contributed by atoms with Crippen LogP contribution in [0.3, 0.4) is 0 Å². The van der Waals surface area contributed by atoms with Gasteiger partial charge in [-0.25, -0.2) is 4.90 Å². The van der Waals surface area contributed by atoms with Gasteiger partial charge in [0.2, 0.25) is 0 Å². The Morgan fingerprint density at radius 1 is 0.556 bits per heavy atom. The standard InChI is InChI=1S/C30H20N2O4/c1-17-3-5-18(6-4-17)19-7-11-22(12-8-19)32-29(35)24-14-10-21(16-26(24)30(32)36)20-9-13-23-25(15-20)28(34)31(2)27(23)33/h3-16H,1-2H3/i7D. The topological polar surface area (TPSA) is 74.8 Å². The highest BCUT2D eigenvalue weighted by molar-refractivity contribution is 6.34. The molecular weight excluding hydrogens is 452 g/mol. The Balaban J connectivity index is 1.34. The fourth-order valence-electron chi connectivity index (χ4n) is 4.66. The van der Waals surface area contributed by atoms with Gasteiger partial charge in [0.25, 0.3) is 23.6 Å². The smallest absolute Gasteiger partial charge is 0.266 e. The van der Waals surface area contributed by atoms with Crippen LogP contribution in [0.2, 0.25) is 0 Å². The first-order valence-electron chi connectivity index (χ1n) is 11.9. The Kier molecular flexibility index (Phi) is 4.48. The van der Waals surface area contributed by atoms with Crippen molar-refractivity contribution in [3.05, 3.63) is 113 Å². The van der Waals surface area contributed by atoms with Crippen LogP contribution in [0.25, 0.3) is 22.3 Å². The molecule has 2 heterocycles. The molecule has 4 amide bonds.